The normalized spacial score (nSPS) is 10.9. The van der Waals surface area contributed by atoms with Gasteiger partial charge in [-0.1, -0.05) is 115 Å². The van der Waals surface area contributed by atoms with Crippen LogP contribution in [0.25, 0.3) is 82.2 Å². The van der Waals surface area contributed by atoms with E-state index < -0.39 is 0 Å². The van der Waals surface area contributed by atoms with Crippen molar-refractivity contribution in [3.8, 4) is 56.8 Å². The number of aromatic nitrogens is 3. The van der Waals surface area contributed by atoms with Gasteiger partial charge in [-0.15, -0.1) is 0 Å². The van der Waals surface area contributed by atoms with Crippen LogP contribution in [0.15, 0.2) is 200 Å². The molecule has 62 heavy (non-hydrogen) atoms. The maximum atomic E-state index is 10.5. The number of benzene rings is 8. The largest absolute Gasteiger partial charge is 0.310 e. The second-order valence-corrected chi connectivity index (χ2v) is 14.8. The van der Waals surface area contributed by atoms with Crippen molar-refractivity contribution >= 4 is 50.2 Å². The lowest BCUT2D eigenvalue weighted by Gasteiger charge is -2.25. The number of rotatable bonds is 8. The van der Waals surface area contributed by atoms with E-state index >= 15 is 0 Å². The van der Waals surface area contributed by atoms with Crippen LogP contribution in [0.3, 0.4) is 0 Å². The third kappa shape index (κ3) is 6.87. The summed E-state index contributed by atoms with van der Waals surface area (Å²) in [6, 6.07) is 69.1. The van der Waals surface area contributed by atoms with E-state index in [0.29, 0.717) is 45.3 Å². The summed E-state index contributed by atoms with van der Waals surface area (Å²) in [6.07, 6.45) is 0. The molecule has 0 aliphatic carbocycles. The smallest absolute Gasteiger partial charge is 0.187 e. The Balaban J connectivity index is 1.03. The topological polar surface area (TPSA) is 66.5 Å². The van der Waals surface area contributed by atoms with E-state index in [2.05, 4.69) is 140 Å². The third-order valence-electron chi connectivity index (χ3n) is 11.0. The van der Waals surface area contributed by atoms with Gasteiger partial charge in [0.05, 0.1) is 47.2 Å². The standard InChI is InChI=1S/C55H33N7/c1-57-42-15-11-13-39(32-42)51-35-52(60-55(59-51)40-14-12-16-43(33-40)58-2)48-29-25-38(31-41(48)36-56)37-23-26-46(27-24-37)62-53-22-10-9-21-49(53)50-34-47(28-30-54(50)62)61(44-17-5-3-6-18-44)45-19-7-4-8-20-45/h3-35H. The van der Waals surface area contributed by atoms with E-state index in [4.69, 9.17) is 23.1 Å². The minimum atomic E-state index is 0.422. The summed E-state index contributed by atoms with van der Waals surface area (Å²) in [5, 5.41) is 12.9. The average Bonchev–Trinajstić information content (AvgIpc) is 3.68. The molecule has 0 N–H and O–H groups in total. The van der Waals surface area contributed by atoms with E-state index in [9.17, 15) is 5.26 Å². The minimum Gasteiger partial charge on any atom is -0.310 e. The summed E-state index contributed by atoms with van der Waals surface area (Å²) in [5.74, 6) is 0.422. The number of hydrogen-bond acceptors (Lipinski definition) is 4. The first-order chi connectivity index (χ1) is 30.6. The molecule has 0 unspecified atom stereocenters. The monoisotopic (exact) mass is 791 g/mol. The molecular weight excluding hydrogens is 759 g/mol. The molecule has 0 saturated carbocycles. The van der Waals surface area contributed by atoms with Crippen molar-refractivity contribution in [1.29, 1.82) is 5.26 Å². The van der Waals surface area contributed by atoms with Gasteiger partial charge in [0.15, 0.2) is 17.2 Å². The van der Waals surface area contributed by atoms with Gasteiger partial charge in [-0.25, -0.2) is 19.7 Å². The number of para-hydroxylation sites is 3. The van der Waals surface area contributed by atoms with Crippen LogP contribution in [-0.4, -0.2) is 14.5 Å². The molecule has 2 heterocycles. The van der Waals surface area contributed by atoms with Crippen molar-refractivity contribution in [3.05, 3.63) is 229 Å². The van der Waals surface area contributed by atoms with Crippen molar-refractivity contribution < 1.29 is 0 Å². The summed E-state index contributed by atoms with van der Waals surface area (Å²) in [6.45, 7) is 15.1. The van der Waals surface area contributed by atoms with Crippen molar-refractivity contribution in [2.45, 2.75) is 0 Å². The fourth-order valence-electron chi connectivity index (χ4n) is 8.13. The van der Waals surface area contributed by atoms with Gasteiger partial charge in [-0.3, -0.25) is 0 Å². The molecule has 0 saturated heterocycles. The van der Waals surface area contributed by atoms with Crippen LogP contribution in [0.1, 0.15) is 5.56 Å². The van der Waals surface area contributed by atoms with E-state index in [1.165, 1.54) is 0 Å². The fourth-order valence-corrected chi connectivity index (χ4v) is 8.13. The summed E-state index contributed by atoms with van der Waals surface area (Å²) in [7, 11) is 0. The first kappa shape index (κ1) is 37.2. The van der Waals surface area contributed by atoms with Crippen molar-refractivity contribution in [3.63, 3.8) is 0 Å². The quantitative estimate of drug-likeness (QED) is 0.144. The lowest BCUT2D eigenvalue weighted by Crippen LogP contribution is -2.09. The Morgan fingerprint density at radius 1 is 0.468 bits per heavy atom. The Morgan fingerprint density at radius 2 is 1.08 bits per heavy atom. The fraction of sp³-hybridized carbons (Fsp3) is 0. The highest BCUT2D eigenvalue weighted by Gasteiger charge is 2.19. The van der Waals surface area contributed by atoms with Gasteiger partial charge < -0.3 is 9.47 Å². The second kappa shape index (κ2) is 15.9. The zero-order valence-electron chi connectivity index (χ0n) is 33.2. The lowest BCUT2D eigenvalue weighted by atomic mass is 9.97. The highest BCUT2D eigenvalue weighted by atomic mass is 15.1. The zero-order chi connectivity index (χ0) is 42.0. The van der Waals surface area contributed by atoms with Gasteiger partial charge in [0.2, 0.25) is 0 Å². The number of fused-ring (bicyclic) bond motifs is 3. The number of nitriles is 1. The molecule has 0 aliphatic rings. The van der Waals surface area contributed by atoms with Crippen LogP contribution >= 0.6 is 0 Å². The third-order valence-corrected chi connectivity index (χ3v) is 11.0. The number of nitrogens with zero attached hydrogens (tertiary/aromatic N) is 7. The van der Waals surface area contributed by atoms with Gasteiger partial charge in [0, 0.05) is 44.6 Å². The Labute approximate surface area is 359 Å². The van der Waals surface area contributed by atoms with Gasteiger partial charge in [0.25, 0.3) is 0 Å². The Hall–Kier alpha value is -9.09. The molecule has 10 aromatic rings. The molecule has 0 fully saturated rings. The summed E-state index contributed by atoms with van der Waals surface area (Å²) < 4.78 is 2.31. The van der Waals surface area contributed by atoms with Gasteiger partial charge in [-0.2, -0.15) is 5.26 Å². The van der Waals surface area contributed by atoms with Crippen molar-refractivity contribution in [2.24, 2.45) is 0 Å². The molecule has 0 amide bonds. The van der Waals surface area contributed by atoms with Crippen LogP contribution in [0.4, 0.5) is 28.4 Å². The van der Waals surface area contributed by atoms with Crippen LogP contribution in [0.2, 0.25) is 0 Å². The van der Waals surface area contributed by atoms with E-state index in [0.717, 1.165) is 61.2 Å². The maximum absolute atomic E-state index is 10.5. The van der Waals surface area contributed by atoms with Crippen LogP contribution in [0.5, 0.6) is 0 Å². The molecule has 0 radical (unpaired) electrons. The Kier molecular flexibility index (Phi) is 9.56. The predicted octanol–water partition coefficient (Wildman–Crippen LogP) is 14.7. The molecule has 8 aromatic carbocycles. The van der Waals surface area contributed by atoms with Gasteiger partial charge >= 0.3 is 0 Å². The predicted molar refractivity (Wildman–Crippen MR) is 250 cm³/mol. The molecule has 0 atom stereocenters. The maximum Gasteiger partial charge on any atom is 0.187 e. The second-order valence-electron chi connectivity index (χ2n) is 14.8. The Morgan fingerprint density at radius 3 is 1.77 bits per heavy atom. The number of anilines is 3. The molecule has 0 spiro atoms. The molecule has 7 heteroatoms. The van der Waals surface area contributed by atoms with E-state index in [1.54, 1.807) is 24.3 Å². The molecule has 288 valence electrons. The minimum absolute atomic E-state index is 0.422. The summed E-state index contributed by atoms with van der Waals surface area (Å²) >= 11 is 0. The molecule has 7 nitrogen and oxygen atoms in total. The van der Waals surface area contributed by atoms with Gasteiger partial charge in [-0.05, 0) is 102 Å². The van der Waals surface area contributed by atoms with Crippen LogP contribution in [0, 0.1) is 24.5 Å². The van der Waals surface area contributed by atoms with Crippen LogP contribution in [-0.2, 0) is 0 Å². The first-order valence-corrected chi connectivity index (χ1v) is 20.0. The molecule has 0 bridgehead atoms. The average molecular weight is 792 g/mol. The van der Waals surface area contributed by atoms with Crippen molar-refractivity contribution in [2.75, 3.05) is 4.90 Å². The van der Waals surface area contributed by atoms with Gasteiger partial charge in [0.1, 0.15) is 0 Å². The Bertz CT molecular complexity index is 3330. The highest BCUT2D eigenvalue weighted by Crippen LogP contribution is 2.40. The summed E-state index contributed by atoms with van der Waals surface area (Å²) in [4.78, 5) is 19.3. The molecular formula is C55H33N7. The molecule has 10 rings (SSSR count). The summed E-state index contributed by atoms with van der Waals surface area (Å²) in [5.41, 5.74) is 13.1. The number of hydrogen-bond donors (Lipinski definition) is 0. The molecule has 0 aliphatic heterocycles. The highest BCUT2D eigenvalue weighted by molar-refractivity contribution is 6.10. The lowest BCUT2D eigenvalue weighted by molar-refractivity contribution is 1.18. The van der Waals surface area contributed by atoms with E-state index in [1.807, 2.05) is 60.7 Å². The van der Waals surface area contributed by atoms with E-state index in [-0.39, 0.29) is 0 Å². The first-order valence-electron chi connectivity index (χ1n) is 20.0. The van der Waals surface area contributed by atoms with Crippen molar-refractivity contribution in [1.82, 2.24) is 14.5 Å². The van der Waals surface area contributed by atoms with Crippen LogP contribution < -0.4 is 4.90 Å². The zero-order valence-corrected chi connectivity index (χ0v) is 33.2. The SMILES string of the molecule is [C-]#[N+]c1cccc(-c2cc(-c3ccc(-c4ccc(-n5c6ccccc6c6cc(N(c7ccccc7)c7ccccc7)ccc65)cc4)cc3C#N)nc(-c3cccc([N+]#[C-])c3)n2)c1. The molecule has 2 aromatic heterocycles.